The number of aliphatic hydroxyl groups is 1. The molecule has 188 valence electrons. The Kier molecular flexibility index (Phi) is 6.70. The minimum absolute atomic E-state index is 0.0900. The molecule has 2 fully saturated rings. The second-order valence-corrected chi connectivity index (χ2v) is 10.6. The van der Waals surface area contributed by atoms with Gasteiger partial charge in [0.25, 0.3) is 5.91 Å². The lowest BCUT2D eigenvalue weighted by atomic mass is 9.54. The number of hydrogen-bond acceptors (Lipinski definition) is 6. The number of urea groups is 1. The molecule has 8 heteroatoms. The van der Waals surface area contributed by atoms with Gasteiger partial charge in [-0.25, -0.2) is 4.79 Å². The number of nitrogens with zero attached hydrogens (tertiary/aromatic N) is 4. The number of phenolic OH excluding ortho intramolecular Hbond substituents is 1. The van der Waals surface area contributed by atoms with Gasteiger partial charge in [0.2, 0.25) is 0 Å². The fourth-order valence-corrected chi connectivity index (χ4v) is 6.56. The van der Waals surface area contributed by atoms with Gasteiger partial charge in [0.15, 0.2) is 0 Å². The van der Waals surface area contributed by atoms with Crippen LogP contribution >= 0.6 is 0 Å². The topological polar surface area (TPSA) is 87.6 Å². The Bertz CT molecular complexity index is 953. The summed E-state index contributed by atoms with van der Waals surface area (Å²) in [5, 5.41) is 22.8. The van der Waals surface area contributed by atoms with E-state index in [1.54, 1.807) is 11.0 Å². The molecule has 1 aromatic carbocycles. The van der Waals surface area contributed by atoms with Crippen LogP contribution in [0.4, 0.5) is 4.79 Å². The fourth-order valence-electron chi connectivity index (χ4n) is 6.56. The van der Waals surface area contributed by atoms with E-state index in [-0.39, 0.29) is 23.7 Å². The van der Waals surface area contributed by atoms with E-state index >= 15 is 0 Å². The van der Waals surface area contributed by atoms with E-state index in [1.165, 1.54) is 10.5 Å². The summed E-state index contributed by atoms with van der Waals surface area (Å²) in [6.45, 7) is 9.28. The van der Waals surface area contributed by atoms with Crippen molar-refractivity contribution in [2.45, 2.75) is 69.6 Å². The summed E-state index contributed by atoms with van der Waals surface area (Å²) in [4.78, 5) is 33.3. The lowest BCUT2D eigenvalue weighted by Crippen LogP contribution is -2.71. The van der Waals surface area contributed by atoms with Crippen molar-refractivity contribution in [3.8, 4) is 5.75 Å². The first-order chi connectivity index (χ1) is 16.1. The summed E-state index contributed by atoms with van der Waals surface area (Å²) >= 11 is 0. The van der Waals surface area contributed by atoms with Crippen molar-refractivity contribution in [2.24, 2.45) is 0 Å². The SMILES string of the molecule is CCN1C(=O)C(CCC2(O)C3Cc4ccc(O)cc4C2(C)CCN3CCN(C)C)N(CC)C1=O. The number of fused-ring (bicyclic) bond motifs is 4. The van der Waals surface area contributed by atoms with Crippen molar-refractivity contribution in [1.29, 1.82) is 0 Å². The summed E-state index contributed by atoms with van der Waals surface area (Å²) < 4.78 is 0. The average molecular weight is 473 g/mol. The standard InChI is InChI=1S/C26H40N4O4/c1-6-29-21(23(32)30(7-2)24(29)33)10-11-26(34)22-16-18-8-9-19(31)17-20(18)25(26,3)12-13-28(22)15-14-27(4)5/h8-9,17,21-22,31,34H,6-7,10-16H2,1-5H3. The van der Waals surface area contributed by atoms with E-state index in [0.29, 0.717) is 32.4 Å². The molecule has 2 bridgehead atoms. The van der Waals surface area contributed by atoms with Gasteiger partial charge in [-0.1, -0.05) is 13.0 Å². The van der Waals surface area contributed by atoms with Crippen molar-refractivity contribution < 1.29 is 19.8 Å². The van der Waals surface area contributed by atoms with Crippen LogP contribution in [0, 0.1) is 0 Å². The van der Waals surface area contributed by atoms with Gasteiger partial charge < -0.3 is 20.0 Å². The van der Waals surface area contributed by atoms with Crippen LogP contribution in [0.2, 0.25) is 0 Å². The van der Waals surface area contributed by atoms with E-state index in [9.17, 15) is 19.8 Å². The summed E-state index contributed by atoms with van der Waals surface area (Å²) in [5.41, 5.74) is 0.547. The largest absolute Gasteiger partial charge is 0.508 e. The number of imide groups is 1. The minimum Gasteiger partial charge on any atom is -0.508 e. The predicted octanol–water partition coefficient (Wildman–Crippen LogP) is 2.03. The van der Waals surface area contributed by atoms with Crippen molar-refractivity contribution in [3.63, 3.8) is 0 Å². The van der Waals surface area contributed by atoms with Gasteiger partial charge in [-0.05, 0) is 83.4 Å². The summed E-state index contributed by atoms with van der Waals surface area (Å²) in [5.74, 6) is 0.0507. The third kappa shape index (κ3) is 3.80. The summed E-state index contributed by atoms with van der Waals surface area (Å²) in [6.07, 6.45) is 2.30. The number of hydrogen-bond donors (Lipinski definition) is 2. The Hall–Kier alpha value is -2.16. The second kappa shape index (κ2) is 9.13. The first-order valence-corrected chi connectivity index (χ1v) is 12.6. The number of likely N-dealkylation sites (tertiary alicyclic amines) is 1. The molecule has 0 aromatic heterocycles. The fraction of sp³-hybridized carbons (Fsp3) is 0.692. The van der Waals surface area contributed by atoms with Gasteiger partial charge in [-0.3, -0.25) is 14.6 Å². The van der Waals surface area contributed by atoms with Crippen LogP contribution in [-0.2, 0) is 16.6 Å². The first kappa shape index (κ1) is 24.9. The maximum Gasteiger partial charge on any atom is 0.327 e. The van der Waals surface area contributed by atoms with Crippen molar-refractivity contribution >= 4 is 11.9 Å². The predicted molar refractivity (Wildman–Crippen MR) is 131 cm³/mol. The summed E-state index contributed by atoms with van der Waals surface area (Å²) in [6, 6.07) is 4.67. The molecule has 0 radical (unpaired) electrons. The van der Waals surface area contributed by atoms with Gasteiger partial charge in [-0.2, -0.15) is 0 Å². The molecule has 0 saturated carbocycles. The van der Waals surface area contributed by atoms with Crippen LogP contribution in [0.3, 0.4) is 0 Å². The van der Waals surface area contributed by atoms with Crippen LogP contribution < -0.4 is 0 Å². The molecule has 0 spiro atoms. The molecule has 4 unspecified atom stereocenters. The number of piperidine rings is 1. The maximum absolute atomic E-state index is 13.0. The molecule has 8 nitrogen and oxygen atoms in total. The highest BCUT2D eigenvalue weighted by Gasteiger charge is 2.60. The number of amides is 3. The molecule has 34 heavy (non-hydrogen) atoms. The highest BCUT2D eigenvalue weighted by molar-refractivity contribution is 6.04. The molecule has 1 aromatic rings. The third-order valence-corrected chi connectivity index (χ3v) is 8.64. The van der Waals surface area contributed by atoms with Gasteiger partial charge in [0.05, 0.1) is 5.60 Å². The third-order valence-electron chi connectivity index (χ3n) is 8.64. The smallest absolute Gasteiger partial charge is 0.327 e. The molecule has 4 atom stereocenters. The van der Waals surface area contributed by atoms with Crippen molar-refractivity contribution in [1.82, 2.24) is 19.6 Å². The lowest BCUT2D eigenvalue weighted by molar-refractivity contribution is -0.149. The monoisotopic (exact) mass is 472 g/mol. The number of phenols is 1. The van der Waals surface area contributed by atoms with E-state index in [4.69, 9.17) is 0 Å². The lowest BCUT2D eigenvalue weighted by Gasteiger charge is -2.61. The number of benzene rings is 1. The number of carbonyl (C=O) groups is 2. The summed E-state index contributed by atoms with van der Waals surface area (Å²) in [7, 11) is 4.11. The van der Waals surface area contributed by atoms with Crippen molar-refractivity contribution in [2.75, 3.05) is 46.8 Å². The first-order valence-electron chi connectivity index (χ1n) is 12.6. The van der Waals surface area contributed by atoms with E-state index in [2.05, 4.69) is 30.8 Å². The Balaban J connectivity index is 1.68. The maximum atomic E-state index is 13.0. The van der Waals surface area contributed by atoms with Crippen LogP contribution in [0.15, 0.2) is 18.2 Å². The van der Waals surface area contributed by atoms with E-state index in [0.717, 1.165) is 31.6 Å². The number of rotatable bonds is 8. The molecular formula is C26H40N4O4. The Morgan fingerprint density at radius 3 is 2.56 bits per heavy atom. The highest BCUT2D eigenvalue weighted by atomic mass is 16.3. The Morgan fingerprint density at radius 2 is 1.91 bits per heavy atom. The van der Waals surface area contributed by atoms with Crippen LogP contribution in [0.25, 0.3) is 0 Å². The van der Waals surface area contributed by atoms with E-state index in [1.807, 2.05) is 26.0 Å². The molecule has 3 aliphatic rings. The zero-order valence-electron chi connectivity index (χ0n) is 21.3. The van der Waals surface area contributed by atoms with Crippen LogP contribution in [0.1, 0.15) is 51.2 Å². The normalized spacial score (nSPS) is 31.5. The van der Waals surface area contributed by atoms with E-state index < -0.39 is 17.1 Å². The average Bonchev–Trinajstić information content (AvgIpc) is 3.02. The number of aromatic hydroxyl groups is 1. The van der Waals surface area contributed by atoms with Gasteiger partial charge in [0.1, 0.15) is 11.8 Å². The Labute approximate surface area is 203 Å². The van der Waals surface area contributed by atoms with Crippen LogP contribution in [-0.4, -0.2) is 106 Å². The van der Waals surface area contributed by atoms with Gasteiger partial charge in [-0.15, -0.1) is 0 Å². The molecule has 1 aliphatic carbocycles. The molecule has 2 saturated heterocycles. The quantitative estimate of drug-likeness (QED) is 0.563. The number of likely N-dealkylation sites (N-methyl/N-ethyl adjacent to an activating group) is 3. The molecule has 2 heterocycles. The zero-order valence-corrected chi connectivity index (χ0v) is 21.3. The van der Waals surface area contributed by atoms with Gasteiger partial charge >= 0.3 is 6.03 Å². The molecule has 3 amide bonds. The van der Waals surface area contributed by atoms with Crippen molar-refractivity contribution in [3.05, 3.63) is 29.3 Å². The zero-order chi connectivity index (χ0) is 24.8. The number of carbonyl (C=O) groups excluding carboxylic acids is 2. The second-order valence-electron chi connectivity index (χ2n) is 10.6. The molecule has 2 N–H and O–H groups in total. The minimum atomic E-state index is -1.08. The van der Waals surface area contributed by atoms with Crippen LogP contribution in [0.5, 0.6) is 5.75 Å². The molecule has 2 aliphatic heterocycles. The molecule has 4 rings (SSSR count). The highest BCUT2D eigenvalue weighted by Crippen LogP contribution is 2.54. The Morgan fingerprint density at radius 1 is 1.18 bits per heavy atom. The molecular weight excluding hydrogens is 432 g/mol. The van der Waals surface area contributed by atoms with Gasteiger partial charge in [0, 0.05) is 37.6 Å².